The number of benzene rings is 6. The molecule has 0 nitrogen and oxygen atoms in total. The zero-order valence-corrected chi connectivity index (χ0v) is 19.7. The Morgan fingerprint density at radius 2 is 1.12 bits per heavy atom. The molecule has 1 aliphatic carbocycles. The largest absolute Gasteiger partial charge is 0.0683 e. The molecule has 0 heterocycles. The molecule has 160 valence electrons. The fourth-order valence-electron chi connectivity index (χ4n) is 5.85. The van der Waals surface area contributed by atoms with Crippen LogP contribution in [0.15, 0.2) is 97.1 Å². The van der Waals surface area contributed by atoms with Crippen LogP contribution in [0.3, 0.4) is 0 Å². The summed E-state index contributed by atoms with van der Waals surface area (Å²) in [6, 6.07) is 36.2. The van der Waals surface area contributed by atoms with Crippen LogP contribution in [-0.2, 0) is 5.41 Å². The minimum atomic E-state index is -0.0601. The van der Waals surface area contributed by atoms with E-state index in [1.165, 1.54) is 65.3 Å². The molecule has 6 aromatic rings. The summed E-state index contributed by atoms with van der Waals surface area (Å²) in [6.45, 7) is 8.77. The lowest BCUT2D eigenvalue weighted by Gasteiger charge is -2.36. The van der Waals surface area contributed by atoms with Crippen LogP contribution < -0.4 is 0 Å². The van der Waals surface area contributed by atoms with Gasteiger partial charge in [-0.3, -0.25) is 0 Å². The Hall–Kier alpha value is -3.64. The third-order valence-corrected chi connectivity index (χ3v) is 7.39. The van der Waals surface area contributed by atoms with E-state index >= 15 is 0 Å². The quantitative estimate of drug-likeness (QED) is 0.168. The second-order valence-electron chi connectivity index (χ2n) is 9.41. The van der Waals surface area contributed by atoms with Crippen LogP contribution in [0.5, 0.6) is 0 Å². The SMILES string of the molecule is CC.CC1(C)c2cc3c(ccc4ccccc43)cc2-c2c3ccccc3cc3cccc1c23. The Balaban J connectivity index is 0.00000101. The van der Waals surface area contributed by atoms with E-state index in [0.717, 1.165) is 0 Å². The predicted molar refractivity (Wildman–Crippen MR) is 145 cm³/mol. The third-order valence-electron chi connectivity index (χ3n) is 7.39. The van der Waals surface area contributed by atoms with Gasteiger partial charge in [0.25, 0.3) is 0 Å². The van der Waals surface area contributed by atoms with E-state index in [0.29, 0.717) is 0 Å². The summed E-state index contributed by atoms with van der Waals surface area (Å²) < 4.78 is 0. The maximum absolute atomic E-state index is 2.47. The molecule has 0 radical (unpaired) electrons. The van der Waals surface area contributed by atoms with Crippen molar-refractivity contribution in [3.05, 3.63) is 108 Å². The van der Waals surface area contributed by atoms with E-state index in [-0.39, 0.29) is 5.41 Å². The van der Waals surface area contributed by atoms with Gasteiger partial charge in [0.15, 0.2) is 0 Å². The third kappa shape index (κ3) is 2.70. The Kier molecular flexibility index (Phi) is 4.35. The van der Waals surface area contributed by atoms with Crippen molar-refractivity contribution < 1.29 is 0 Å². The van der Waals surface area contributed by atoms with Crippen LogP contribution in [-0.4, -0.2) is 0 Å². The average molecular weight is 425 g/mol. The van der Waals surface area contributed by atoms with Gasteiger partial charge in [-0.1, -0.05) is 107 Å². The van der Waals surface area contributed by atoms with Crippen LogP contribution in [0, 0.1) is 0 Å². The Morgan fingerprint density at radius 3 is 1.94 bits per heavy atom. The molecule has 0 saturated carbocycles. The lowest BCUT2D eigenvalue weighted by molar-refractivity contribution is 0.646. The van der Waals surface area contributed by atoms with Crippen LogP contribution in [0.4, 0.5) is 0 Å². The first-order valence-electron chi connectivity index (χ1n) is 12.0. The molecule has 0 aliphatic heterocycles. The molecule has 0 N–H and O–H groups in total. The normalized spacial score (nSPS) is 13.7. The number of fused-ring (bicyclic) bond motifs is 7. The van der Waals surface area contributed by atoms with Crippen LogP contribution in [0.2, 0.25) is 0 Å². The summed E-state index contributed by atoms with van der Waals surface area (Å²) in [5.74, 6) is 0. The standard InChI is InChI=1S/C31H22.C2H6/c1-31(2)27-13-7-10-22-16-20-9-4-6-12-24(20)30(29(22)27)26-17-21-15-14-19-8-3-5-11-23(19)25(21)18-28(26)31;1-2/h3-18H,1-2H3;1-2H3. The lowest BCUT2D eigenvalue weighted by Crippen LogP contribution is -2.23. The van der Waals surface area contributed by atoms with Crippen molar-refractivity contribution in [3.8, 4) is 11.1 Å². The Morgan fingerprint density at radius 1 is 0.485 bits per heavy atom. The van der Waals surface area contributed by atoms with Crippen molar-refractivity contribution in [3.63, 3.8) is 0 Å². The number of rotatable bonds is 0. The van der Waals surface area contributed by atoms with E-state index in [2.05, 4.69) is 111 Å². The lowest BCUT2D eigenvalue weighted by atomic mass is 9.67. The van der Waals surface area contributed by atoms with Crippen LogP contribution >= 0.6 is 0 Å². The maximum Gasteiger partial charge on any atom is 0.0159 e. The molecular formula is C33H28. The maximum atomic E-state index is 2.47. The topological polar surface area (TPSA) is 0 Å². The second-order valence-corrected chi connectivity index (χ2v) is 9.41. The molecule has 0 atom stereocenters. The molecule has 6 aromatic carbocycles. The van der Waals surface area contributed by atoms with E-state index in [1.54, 1.807) is 0 Å². The first-order valence-corrected chi connectivity index (χ1v) is 12.0. The summed E-state index contributed by atoms with van der Waals surface area (Å²) in [6.07, 6.45) is 0. The van der Waals surface area contributed by atoms with Gasteiger partial charge >= 0.3 is 0 Å². The Bertz CT molecular complexity index is 1700. The molecule has 0 heteroatoms. The van der Waals surface area contributed by atoms with Gasteiger partial charge in [-0.15, -0.1) is 0 Å². The van der Waals surface area contributed by atoms with Gasteiger partial charge in [0, 0.05) is 5.41 Å². The second kappa shape index (κ2) is 7.18. The van der Waals surface area contributed by atoms with Crippen molar-refractivity contribution in [1.82, 2.24) is 0 Å². The van der Waals surface area contributed by atoms with Gasteiger partial charge in [-0.25, -0.2) is 0 Å². The van der Waals surface area contributed by atoms with Gasteiger partial charge in [0.2, 0.25) is 0 Å². The first kappa shape index (κ1) is 20.0. The van der Waals surface area contributed by atoms with Crippen molar-refractivity contribution >= 4 is 43.1 Å². The highest BCUT2D eigenvalue weighted by atomic mass is 14.4. The van der Waals surface area contributed by atoms with E-state index < -0.39 is 0 Å². The fourth-order valence-corrected chi connectivity index (χ4v) is 5.85. The van der Waals surface area contributed by atoms with Crippen molar-refractivity contribution in [2.45, 2.75) is 33.1 Å². The first-order chi connectivity index (χ1) is 16.1. The highest BCUT2D eigenvalue weighted by molar-refractivity contribution is 6.18. The highest BCUT2D eigenvalue weighted by Gasteiger charge is 2.34. The van der Waals surface area contributed by atoms with Gasteiger partial charge in [0.1, 0.15) is 0 Å². The molecule has 33 heavy (non-hydrogen) atoms. The van der Waals surface area contributed by atoms with Crippen molar-refractivity contribution in [2.75, 3.05) is 0 Å². The molecule has 0 saturated heterocycles. The molecule has 1 aliphatic rings. The summed E-state index contributed by atoms with van der Waals surface area (Å²) in [7, 11) is 0. The molecule has 7 rings (SSSR count). The van der Waals surface area contributed by atoms with Crippen molar-refractivity contribution in [1.29, 1.82) is 0 Å². The van der Waals surface area contributed by atoms with E-state index in [4.69, 9.17) is 0 Å². The van der Waals surface area contributed by atoms with E-state index in [1.807, 2.05) is 13.8 Å². The molecule has 0 unspecified atom stereocenters. The van der Waals surface area contributed by atoms with E-state index in [9.17, 15) is 0 Å². The number of hydrogen-bond donors (Lipinski definition) is 0. The van der Waals surface area contributed by atoms with Crippen LogP contribution in [0.1, 0.15) is 38.8 Å². The minimum absolute atomic E-state index is 0.0601. The molecule has 0 spiro atoms. The zero-order valence-electron chi connectivity index (χ0n) is 19.7. The fraction of sp³-hybridized carbons (Fsp3) is 0.152. The smallest absolute Gasteiger partial charge is 0.0159 e. The zero-order chi connectivity index (χ0) is 22.7. The molecule has 0 fully saturated rings. The molecule has 0 bridgehead atoms. The van der Waals surface area contributed by atoms with Gasteiger partial charge in [-0.05, 0) is 83.5 Å². The monoisotopic (exact) mass is 424 g/mol. The summed E-state index contributed by atoms with van der Waals surface area (Å²) >= 11 is 0. The highest BCUT2D eigenvalue weighted by Crippen LogP contribution is 2.52. The van der Waals surface area contributed by atoms with Gasteiger partial charge < -0.3 is 0 Å². The summed E-state index contributed by atoms with van der Waals surface area (Å²) in [5.41, 5.74) is 5.57. The van der Waals surface area contributed by atoms with Gasteiger partial charge in [-0.2, -0.15) is 0 Å². The van der Waals surface area contributed by atoms with Gasteiger partial charge in [0.05, 0.1) is 0 Å². The minimum Gasteiger partial charge on any atom is -0.0683 e. The van der Waals surface area contributed by atoms with Crippen LogP contribution in [0.25, 0.3) is 54.2 Å². The predicted octanol–water partition coefficient (Wildman–Crippen LogP) is 9.63. The summed E-state index contributed by atoms with van der Waals surface area (Å²) in [4.78, 5) is 0. The summed E-state index contributed by atoms with van der Waals surface area (Å²) in [5, 5.41) is 10.7. The molecule has 0 aromatic heterocycles. The number of hydrogen-bond acceptors (Lipinski definition) is 0. The van der Waals surface area contributed by atoms with Crippen molar-refractivity contribution in [2.24, 2.45) is 0 Å². The molecule has 0 amide bonds. The average Bonchev–Trinajstić information content (AvgIpc) is 2.86. The Labute approximate surface area is 195 Å². The molecular weight excluding hydrogens is 396 g/mol.